The third-order valence-corrected chi connectivity index (χ3v) is 5.56. The maximum atomic E-state index is 12.8. The van der Waals surface area contributed by atoms with Crippen LogP contribution in [0.25, 0.3) is 0 Å². The van der Waals surface area contributed by atoms with E-state index in [9.17, 15) is 13.2 Å². The Morgan fingerprint density at radius 3 is 2.38 bits per heavy atom. The Labute approximate surface area is 155 Å². The highest BCUT2D eigenvalue weighted by Crippen LogP contribution is 2.18. The average molecular weight is 384 g/mol. The molecule has 0 bridgehead atoms. The van der Waals surface area contributed by atoms with Gasteiger partial charge >= 0.3 is 0 Å². The fraction of sp³-hybridized carbons (Fsp3) is 0.611. The normalized spacial score (nSPS) is 16.5. The van der Waals surface area contributed by atoms with Gasteiger partial charge in [-0.15, -0.1) is 0 Å². The lowest BCUT2D eigenvalue weighted by atomic mass is 10.0. The lowest BCUT2D eigenvalue weighted by Crippen LogP contribution is -2.52. The second-order valence-electron chi connectivity index (χ2n) is 6.65. The largest absolute Gasteiger partial charge is 0.494 e. The van der Waals surface area contributed by atoms with Crippen LogP contribution in [-0.2, 0) is 19.6 Å². The highest BCUT2D eigenvalue weighted by molar-refractivity contribution is 7.89. The molecule has 8 heteroatoms. The van der Waals surface area contributed by atoms with Gasteiger partial charge < -0.3 is 14.4 Å². The molecule has 1 aliphatic rings. The fourth-order valence-corrected chi connectivity index (χ4v) is 4.01. The number of hydrogen-bond donors (Lipinski definition) is 1. The second kappa shape index (κ2) is 9.34. The molecule has 1 atom stereocenters. The molecule has 7 nitrogen and oxygen atoms in total. The van der Waals surface area contributed by atoms with Crippen molar-refractivity contribution in [1.29, 1.82) is 0 Å². The minimum Gasteiger partial charge on any atom is -0.494 e. The van der Waals surface area contributed by atoms with Crippen molar-refractivity contribution in [2.45, 2.75) is 38.1 Å². The zero-order valence-electron chi connectivity index (χ0n) is 15.6. The molecular weight excluding hydrogens is 356 g/mol. The van der Waals surface area contributed by atoms with Gasteiger partial charge in [-0.1, -0.05) is 13.8 Å². The van der Waals surface area contributed by atoms with Crippen LogP contribution in [0.15, 0.2) is 29.2 Å². The number of sulfonamides is 1. The molecular formula is C18H28N2O5S. The van der Waals surface area contributed by atoms with Crippen molar-refractivity contribution in [2.24, 2.45) is 5.92 Å². The minimum absolute atomic E-state index is 0.115. The molecule has 146 valence electrons. The molecule has 0 aromatic heterocycles. The Kier molecular flexibility index (Phi) is 7.43. The Balaban J connectivity index is 2.15. The van der Waals surface area contributed by atoms with Crippen LogP contribution < -0.4 is 9.46 Å². The number of nitrogens with one attached hydrogen (secondary N) is 1. The zero-order valence-corrected chi connectivity index (χ0v) is 16.4. The summed E-state index contributed by atoms with van der Waals surface area (Å²) in [5.41, 5.74) is 0. The predicted molar refractivity (Wildman–Crippen MR) is 98.6 cm³/mol. The summed E-state index contributed by atoms with van der Waals surface area (Å²) < 4.78 is 38.7. The van der Waals surface area contributed by atoms with E-state index in [1.165, 1.54) is 12.1 Å². The first-order valence-electron chi connectivity index (χ1n) is 8.95. The minimum atomic E-state index is -3.80. The topological polar surface area (TPSA) is 84.9 Å². The smallest absolute Gasteiger partial charge is 0.241 e. The van der Waals surface area contributed by atoms with Gasteiger partial charge in [0.05, 0.1) is 24.7 Å². The molecule has 0 radical (unpaired) electrons. The van der Waals surface area contributed by atoms with Crippen LogP contribution in [0.2, 0.25) is 0 Å². The quantitative estimate of drug-likeness (QED) is 0.736. The molecule has 1 saturated heterocycles. The van der Waals surface area contributed by atoms with Gasteiger partial charge in [-0.2, -0.15) is 4.72 Å². The van der Waals surface area contributed by atoms with E-state index in [0.29, 0.717) is 45.1 Å². The third kappa shape index (κ3) is 5.69. The lowest BCUT2D eigenvalue weighted by molar-refractivity contribution is -0.137. The number of carbonyl (C=O) groups excluding carboxylic acids is 1. The van der Waals surface area contributed by atoms with Crippen molar-refractivity contribution in [1.82, 2.24) is 9.62 Å². The van der Waals surface area contributed by atoms with E-state index in [0.717, 1.165) is 0 Å². The summed E-state index contributed by atoms with van der Waals surface area (Å²) in [5, 5.41) is 0. The molecule has 0 spiro atoms. The van der Waals surface area contributed by atoms with E-state index < -0.39 is 16.1 Å². The van der Waals surface area contributed by atoms with Crippen molar-refractivity contribution in [3.05, 3.63) is 24.3 Å². The van der Waals surface area contributed by atoms with Gasteiger partial charge in [0.15, 0.2) is 0 Å². The molecule has 0 aliphatic carbocycles. The molecule has 0 unspecified atom stereocenters. The van der Waals surface area contributed by atoms with Crippen molar-refractivity contribution < 1.29 is 22.7 Å². The van der Waals surface area contributed by atoms with Gasteiger partial charge in [-0.25, -0.2) is 8.42 Å². The van der Waals surface area contributed by atoms with E-state index in [-0.39, 0.29) is 16.7 Å². The van der Waals surface area contributed by atoms with Crippen LogP contribution in [0.5, 0.6) is 5.75 Å². The maximum absolute atomic E-state index is 12.8. The van der Waals surface area contributed by atoms with E-state index in [4.69, 9.17) is 9.47 Å². The summed E-state index contributed by atoms with van der Waals surface area (Å²) in [6.45, 7) is 8.22. The van der Waals surface area contributed by atoms with E-state index in [1.54, 1.807) is 17.0 Å². The van der Waals surface area contributed by atoms with Gasteiger partial charge in [0.2, 0.25) is 15.9 Å². The molecule has 1 N–H and O–H groups in total. The molecule has 1 amide bonds. The number of morpholine rings is 1. The van der Waals surface area contributed by atoms with E-state index in [1.807, 2.05) is 20.8 Å². The monoisotopic (exact) mass is 384 g/mol. The number of benzene rings is 1. The fourth-order valence-electron chi connectivity index (χ4n) is 2.81. The summed E-state index contributed by atoms with van der Waals surface area (Å²) in [6.07, 6.45) is 0.437. The molecule has 26 heavy (non-hydrogen) atoms. The van der Waals surface area contributed by atoms with Crippen LogP contribution in [-0.4, -0.2) is 58.2 Å². The number of amides is 1. The summed E-state index contributed by atoms with van der Waals surface area (Å²) in [7, 11) is -3.80. The van der Waals surface area contributed by atoms with Crippen LogP contribution in [0, 0.1) is 5.92 Å². The molecule has 1 fully saturated rings. The number of rotatable bonds is 8. The summed E-state index contributed by atoms with van der Waals surface area (Å²) >= 11 is 0. The number of ether oxygens (including phenoxy) is 2. The van der Waals surface area contributed by atoms with E-state index in [2.05, 4.69) is 4.72 Å². The van der Waals surface area contributed by atoms with Crippen molar-refractivity contribution in [3.8, 4) is 5.75 Å². The van der Waals surface area contributed by atoms with Crippen molar-refractivity contribution in [3.63, 3.8) is 0 Å². The first-order valence-corrected chi connectivity index (χ1v) is 10.4. The average Bonchev–Trinajstić information content (AvgIpc) is 2.61. The predicted octanol–water partition coefficient (Wildman–Crippen LogP) is 1.64. The first kappa shape index (κ1) is 20.7. The Bertz CT molecular complexity index is 682. The highest BCUT2D eigenvalue weighted by Gasteiger charge is 2.30. The van der Waals surface area contributed by atoms with Gasteiger partial charge in [0, 0.05) is 13.1 Å². The van der Waals surface area contributed by atoms with E-state index >= 15 is 0 Å². The van der Waals surface area contributed by atoms with Gasteiger partial charge in [-0.3, -0.25) is 4.79 Å². The van der Waals surface area contributed by atoms with Crippen molar-refractivity contribution in [2.75, 3.05) is 32.9 Å². The standard InChI is InChI=1S/C18H28N2O5S/c1-4-25-15-5-7-16(8-6-15)26(22,23)19-17(13-14(2)3)18(21)20-9-11-24-12-10-20/h5-8,14,17,19H,4,9-13H2,1-3H3/t17-/m1/s1. The summed E-state index contributed by atoms with van der Waals surface area (Å²) in [6, 6.07) is 5.40. The highest BCUT2D eigenvalue weighted by atomic mass is 32.2. The molecule has 1 aromatic carbocycles. The first-order chi connectivity index (χ1) is 12.3. The molecule has 1 aromatic rings. The number of nitrogens with zero attached hydrogens (tertiary/aromatic N) is 1. The van der Waals surface area contributed by atoms with Crippen LogP contribution >= 0.6 is 0 Å². The number of carbonyl (C=O) groups is 1. The Morgan fingerprint density at radius 1 is 1.23 bits per heavy atom. The number of hydrogen-bond acceptors (Lipinski definition) is 5. The lowest BCUT2D eigenvalue weighted by Gasteiger charge is -2.31. The van der Waals surface area contributed by atoms with Crippen LogP contribution in [0.1, 0.15) is 27.2 Å². The Hall–Kier alpha value is -1.64. The molecule has 0 saturated carbocycles. The Morgan fingerprint density at radius 2 is 1.85 bits per heavy atom. The zero-order chi connectivity index (χ0) is 19.2. The van der Waals surface area contributed by atoms with Crippen LogP contribution in [0.4, 0.5) is 0 Å². The SMILES string of the molecule is CCOc1ccc(S(=O)(=O)N[C@H](CC(C)C)C(=O)N2CCOCC2)cc1. The van der Waals surface area contributed by atoms with Gasteiger partial charge in [-0.05, 0) is 43.5 Å². The molecule has 1 aliphatic heterocycles. The third-order valence-electron chi connectivity index (χ3n) is 4.07. The van der Waals surface area contributed by atoms with Crippen molar-refractivity contribution >= 4 is 15.9 Å². The molecule has 2 rings (SSSR count). The van der Waals surface area contributed by atoms with Gasteiger partial charge in [0.25, 0.3) is 0 Å². The van der Waals surface area contributed by atoms with Crippen LogP contribution in [0.3, 0.4) is 0 Å². The second-order valence-corrected chi connectivity index (χ2v) is 8.36. The summed E-state index contributed by atoms with van der Waals surface area (Å²) in [5.74, 6) is 0.583. The van der Waals surface area contributed by atoms with Gasteiger partial charge in [0.1, 0.15) is 11.8 Å². The summed E-state index contributed by atoms with van der Waals surface area (Å²) in [4.78, 5) is 14.6. The maximum Gasteiger partial charge on any atom is 0.241 e. The molecule has 1 heterocycles.